The molecule has 0 N–H and O–H groups in total. The minimum Gasteiger partial charge on any atom is -0.490 e. The molecule has 0 aliphatic carbocycles. The van der Waals surface area contributed by atoms with Gasteiger partial charge in [-0.1, -0.05) is 6.07 Å². The molecule has 0 amide bonds. The van der Waals surface area contributed by atoms with Gasteiger partial charge in [-0.3, -0.25) is 0 Å². The highest BCUT2D eigenvalue weighted by Crippen LogP contribution is 2.35. The van der Waals surface area contributed by atoms with Gasteiger partial charge in [-0.05, 0) is 44.2 Å². The van der Waals surface area contributed by atoms with Crippen LogP contribution in [0.1, 0.15) is 13.8 Å². The lowest BCUT2D eigenvalue weighted by Gasteiger charge is -2.27. The van der Waals surface area contributed by atoms with Crippen molar-refractivity contribution < 1.29 is 14.2 Å². The molecular formula is C22H26ClN3O3S. The van der Waals surface area contributed by atoms with Gasteiger partial charge < -0.3 is 19.1 Å². The van der Waals surface area contributed by atoms with Crippen LogP contribution in [-0.4, -0.2) is 49.5 Å². The Labute approximate surface area is 187 Å². The number of nitrogens with zero attached hydrogens (tertiary/aromatic N) is 3. The highest BCUT2D eigenvalue weighted by atomic mass is 35.5. The van der Waals surface area contributed by atoms with Crippen molar-refractivity contribution in [3.8, 4) is 33.5 Å². The van der Waals surface area contributed by atoms with Crippen molar-refractivity contribution in [2.45, 2.75) is 13.8 Å². The second-order valence-corrected chi connectivity index (χ2v) is 7.40. The lowest BCUT2D eigenvalue weighted by molar-refractivity contribution is 0.122. The van der Waals surface area contributed by atoms with Crippen LogP contribution in [0.25, 0.3) is 22.0 Å². The van der Waals surface area contributed by atoms with E-state index in [2.05, 4.69) is 10.3 Å². The van der Waals surface area contributed by atoms with Crippen molar-refractivity contribution in [2.24, 2.45) is 0 Å². The summed E-state index contributed by atoms with van der Waals surface area (Å²) in [5, 5.41) is 2.99. The molecule has 0 atom stereocenters. The fourth-order valence-electron chi connectivity index (χ4n) is 3.24. The van der Waals surface area contributed by atoms with Gasteiger partial charge in [0.1, 0.15) is 16.5 Å². The van der Waals surface area contributed by atoms with Gasteiger partial charge in [0.05, 0.1) is 32.1 Å². The third-order valence-electron chi connectivity index (χ3n) is 4.63. The number of ether oxygens (including phenoxy) is 3. The summed E-state index contributed by atoms with van der Waals surface area (Å²) < 4.78 is 16.8. The van der Waals surface area contributed by atoms with E-state index < -0.39 is 0 Å². The topological polar surface area (TPSA) is 56.7 Å². The summed E-state index contributed by atoms with van der Waals surface area (Å²) in [7, 11) is 0. The molecule has 0 saturated carbocycles. The summed E-state index contributed by atoms with van der Waals surface area (Å²) in [5.41, 5.74) is 2.77. The number of halogens is 1. The summed E-state index contributed by atoms with van der Waals surface area (Å²) in [5.74, 6) is 2.48. The fourth-order valence-corrected chi connectivity index (χ4v) is 4.05. The first-order valence-electron chi connectivity index (χ1n) is 9.94. The number of pyridine rings is 1. The highest BCUT2D eigenvalue weighted by Gasteiger charge is 2.15. The summed E-state index contributed by atoms with van der Waals surface area (Å²) in [6, 6.07) is 12.1. The standard InChI is InChI=1S/C22H25N3O3S.ClH/c1-3-27-19-9-8-16(14-20(19)28-4-2)22-24-18(15-29-22)17-6-5-7-21(23-17)25-10-12-26-13-11-25;/h5-9,14-15H,3-4,10-13H2,1-2H3;1H. The van der Waals surface area contributed by atoms with Gasteiger partial charge in [-0.25, -0.2) is 9.97 Å². The normalized spacial score (nSPS) is 13.6. The molecule has 8 heteroatoms. The summed E-state index contributed by atoms with van der Waals surface area (Å²) in [6.07, 6.45) is 0. The van der Waals surface area contributed by atoms with Crippen LogP contribution in [0, 0.1) is 0 Å². The van der Waals surface area contributed by atoms with Gasteiger partial charge in [0, 0.05) is 24.0 Å². The lowest BCUT2D eigenvalue weighted by atomic mass is 10.2. The first-order chi connectivity index (χ1) is 14.3. The molecule has 2 aromatic heterocycles. The quantitative estimate of drug-likeness (QED) is 0.512. The van der Waals surface area contributed by atoms with Crippen LogP contribution in [-0.2, 0) is 4.74 Å². The molecule has 0 radical (unpaired) electrons. The van der Waals surface area contributed by atoms with Crippen LogP contribution in [0.3, 0.4) is 0 Å². The zero-order valence-corrected chi connectivity index (χ0v) is 18.8. The third-order valence-corrected chi connectivity index (χ3v) is 5.52. The van der Waals surface area contributed by atoms with Gasteiger partial charge in [0.25, 0.3) is 0 Å². The maximum atomic E-state index is 5.75. The van der Waals surface area contributed by atoms with E-state index in [0.717, 1.165) is 65.6 Å². The van der Waals surface area contributed by atoms with Crippen LogP contribution in [0.2, 0.25) is 0 Å². The fraction of sp³-hybridized carbons (Fsp3) is 0.364. The summed E-state index contributed by atoms with van der Waals surface area (Å²) in [4.78, 5) is 11.9. The van der Waals surface area contributed by atoms with E-state index in [1.54, 1.807) is 11.3 Å². The molecule has 0 spiro atoms. The number of hydrogen-bond acceptors (Lipinski definition) is 7. The molecule has 0 bridgehead atoms. The van der Waals surface area contributed by atoms with Gasteiger partial charge in [-0.2, -0.15) is 0 Å². The largest absolute Gasteiger partial charge is 0.490 e. The number of hydrogen-bond donors (Lipinski definition) is 0. The first-order valence-corrected chi connectivity index (χ1v) is 10.8. The molecule has 4 rings (SSSR count). The monoisotopic (exact) mass is 447 g/mol. The van der Waals surface area contributed by atoms with Crippen molar-refractivity contribution in [1.82, 2.24) is 9.97 Å². The maximum Gasteiger partial charge on any atom is 0.161 e. The van der Waals surface area contributed by atoms with Crippen LogP contribution in [0.4, 0.5) is 5.82 Å². The average molecular weight is 448 g/mol. The van der Waals surface area contributed by atoms with Crippen LogP contribution in [0.5, 0.6) is 11.5 Å². The number of aromatic nitrogens is 2. The molecule has 1 aromatic carbocycles. The molecule has 0 unspecified atom stereocenters. The molecule has 1 saturated heterocycles. The van der Waals surface area contributed by atoms with Crippen molar-refractivity contribution in [1.29, 1.82) is 0 Å². The number of benzene rings is 1. The Morgan fingerprint density at radius 3 is 2.50 bits per heavy atom. The van der Waals surface area contributed by atoms with Crippen molar-refractivity contribution in [3.63, 3.8) is 0 Å². The number of morpholine rings is 1. The predicted octanol–water partition coefficient (Wildman–Crippen LogP) is 4.93. The molecular weight excluding hydrogens is 422 g/mol. The lowest BCUT2D eigenvalue weighted by Crippen LogP contribution is -2.36. The van der Waals surface area contributed by atoms with E-state index in [-0.39, 0.29) is 12.4 Å². The molecule has 160 valence electrons. The predicted molar refractivity (Wildman–Crippen MR) is 123 cm³/mol. The molecule has 3 heterocycles. The van der Waals surface area contributed by atoms with Gasteiger partial charge in [0.2, 0.25) is 0 Å². The maximum absolute atomic E-state index is 5.75. The number of thiazole rings is 1. The van der Waals surface area contributed by atoms with Crippen molar-refractivity contribution >= 4 is 29.6 Å². The second-order valence-electron chi connectivity index (χ2n) is 6.55. The Bertz CT molecular complexity index is 960. The zero-order chi connectivity index (χ0) is 20.1. The molecule has 3 aromatic rings. The Morgan fingerprint density at radius 2 is 1.73 bits per heavy atom. The highest BCUT2D eigenvalue weighted by molar-refractivity contribution is 7.13. The smallest absolute Gasteiger partial charge is 0.161 e. The zero-order valence-electron chi connectivity index (χ0n) is 17.2. The van der Waals surface area contributed by atoms with Gasteiger partial charge in [0.15, 0.2) is 11.5 Å². The molecule has 1 fully saturated rings. The van der Waals surface area contributed by atoms with E-state index >= 15 is 0 Å². The third kappa shape index (κ3) is 5.03. The Kier molecular flexibility index (Phi) is 7.90. The van der Waals surface area contributed by atoms with Crippen LogP contribution in [0.15, 0.2) is 41.8 Å². The van der Waals surface area contributed by atoms with Gasteiger partial charge >= 0.3 is 0 Å². The second kappa shape index (κ2) is 10.6. The van der Waals surface area contributed by atoms with E-state index in [0.29, 0.717) is 13.2 Å². The summed E-state index contributed by atoms with van der Waals surface area (Å²) in [6.45, 7) is 8.35. The average Bonchev–Trinajstić information content (AvgIpc) is 3.26. The molecule has 30 heavy (non-hydrogen) atoms. The van der Waals surface area contributed by atoms with Crippen LogP contribution < -0.4 is 14.4 Å². The van der Waals surface area contributed by atoms with Gasteiger partial charge in [-0.15, -0.1) is 23.7 Å². The van der Waals surface area contributed by atoms with E-state index in [1.807, 2.05) is 50.2 Å². The molecule has 1 aliphatic heterocycles. The molecule has 1 aliphatic rings. The van der Waals surface area contributed by atoms with E-state index in [9.17, 15) is 0 Å². The minimum absolute atomic E-state index is 0. The van der Waals surface area contributed by atoms with Crippen LogP contribution >= 0.6 is 23.7 Å². The SMILES string of the molecule is CCOc1ccc(-c2nc(-c3cccc(N4CCOCC4)n3)cs2)cc1OCC.Cl. The van der Waals surface area contributed by atoms with Crippen molar-refractivity contribution in [2.75, 3.05) is 44.4 Å². The summed E-state index contributed by atoms with van der Waals surface area (Å²) >= 11 is 1.60. The Balaban J connectivity index is 0.00000256. The Hall–Kier alpha value is -2.35. The molecule has 6 nitrogen and oxygen atoms in total. The van der Waals surface area contributed by atoms with E-state index in [4.69, 9.17) is 24.2 Å². The number of rotatable bonds is 7. The van der Waals surface area contributed by atoms with E-state index in [1.165, 1.54) is 0 Å². The first kappa shape index (κ1) is 22.3. The van der Waals surface area contributed by atoms with Crippen molar-refractivity contribution in [3.05, 3.63) is 41.8 Å². The minimum atomic E-state index is 0. The number of anilines is 1. The Morgan fingerprint density at radius 1 is 0.967 bits per heavy atom.